The first-order chi connectivity index (χ1) is 6.20. The van der Waals surface area contributed by atoms with Gasteiger partial charge in [0, 0.05) is 19.0 Å². The first-order valence-electron chi connectivity index (χ1n) is 4.14. The van der Waals surface area contributed by atoms with Crippen molar-refractivity contribution in [3.8, 4) is 0 Å². The molecule has 0 fully saturated rings. The molecule has 2 heteroatoms. The summed E-state index contributed by atoms with van der Waals surface area (Å²) in [6, 6.07) is 10.0. The highest BCUT2D eigenvalue weighted by molar-refractivity contribution is 7.81. The van der Waals surface area contributed by atoms with Crippen LogP contribution in [-0.4, -0.2) is 23.9 Å². The quantitative estimate of drug-likeness (QED) is 0.410. The van der Waals surface area contributed by atoms with Gasteiger partial charge in [0.05, 0.1) is 0 Å². The van der Waals surface area contributed by atoms with Gasteiger partial charge in [-0.25, -0.2) is 0 Å². The van der Waals surface area contributed by atoms with Gasteiger partial charge in [-0.1, -0.05) is 42.5 Å². The lowest BCUT2D eigenvalue weighted by Gasteiger charge is -2.03. The van der Waals surface area contributed by atoms with E-state index in [9.17, 15) is 0 Å². The number of hydrogen-bond donors (Lipinski definition) is 0. The molecule has 0 unspecified atom stereocenters. The smallest absolute Gasteiger partial charge is 0.0463 e. The van der Waals surface area contributed by atoms with Gasteiger partial charge in [0.15, 0.2) is 0 Å². The van der Waals surface area contributed by atoms with Gasteiger partial charge >= 0.3 is 0 Å². The van der Waals surface area contributed by atoms with Crippen LogP contribution in [0.1, 0.15) is 5.56 Å². The Morgan fingerprint density at radius 1 is 1.23 bits per heavy atom. The Labute approximate surface area is 84.7 Å². The minimum Gasteiger partial charge on any atom is -0.383 e. The van der Waals surface area contributed by atoms with Crippen LogP contribution in [0.2, 0.25) is 0 Å². The average molecular weight is 191 g/mol. The van der Waals surface area contributed by atoms with Gasteiger partial charge in [0.2, 0.25) is 0 Å². The molecule has 0 aliphatic rings. The number of nitrogens with zero attached hydrogens (tertiary/aromatic N) is 1. The van der Waals surface area contributed by atoms with Crippen molar-refractivity contribution in [2.24, 2.45) is 0 Å². The maximum absolute atomic E-state index is 5.23. The van der Waals surface area contributed by atoms with E-state index in [1.165, 1.54) is 0 Å². The van der Waals surface area contributed by atoms with Crippen molar-refractivity contribution in [3.63, 3.8) is 0 Å². The summed E-state index contributed by atoms with van der Waals surface area (Å²) in [4.78, 5) is 2.84. The number of benzene rings is 1. The van der Waals surface area contributed by atoms with E-state index in [1.54, 1.807) is 0 Å². The van der Waals surface area contributed by atoms with Crippen LogP contribution in [0, 0.1) is 0 Å². The van der Waals surface area contributed by atoms with Crippen molar-refractivity contribution >= 4 is 17.1 Å². The van der Waals surface area contributed by atoms with Crippen LogP contribution in [-0.2, 0) is 0 Å². The number of thiocarbonyl (C=S) groups is 1. The van der Waals surface area contributed by atoms with E-state index in [-0.39, 0.29) is 0 Å². The molecule has 0 aliphatic heterocycles. The Morgan fingerprint density at radius 3 is 2.38 bits per heavy atom. The molecular formula is C11H13NS. The molecule has 1 aromatic carbocycles. The Bertz CT molecular complexity index is 301. The maximum Gasteiger partial charge on any atom is 0.0463 e. The van der Waals surface area contributed by atoms with E-state index in [4.69, 9.17) is 12.2 Å². The van der Waals surface area contributed by atoms with Crippen molar-refractivity contribution in [2.75, 3.05) is 14.1 Å². The summed E-state index contributed by atoms with van der Waals surface area (Å²) in [5.74, 6) is 0. The zero-order valence-corrected chi connectivity index (χ0v) is 8.71. The van der Waals surface area contributed by atoms with Gasteiger partial charge in [-0.15, -0.1) is 0 Å². The molecule has 13 heavy (non-hydrogen) atoms. The average Bonchev–Trinajstić information content (AvgIpc) is 2.15. The standard InChI is InChI=1S/C11H13NS/c1-12(2)9-8-11(13)10-6-4-3-5-7-10/h3-9H,1-2H3. The Kier molecular flexibility index (Phi) is 3.65. The molecule has 0 atom stereocenters. The lowest BCUT2D eigenvalue weighted by molar-refractivity contribution is 0.564. The minimum absolute atomic E-state index is 0.870. The summed E-state index contributed by atoms with van der Waals surface area (Å²) < 4.78 is 0. The molecule has 1 nitrogen and oxygen atoms in total. The van der Waals surface area contributed by atoms with Gasteiger partial charge in [-0.05, 0) is 17.8 Å². The third-order valence-electron chi connectivity index (χ3n) is 1.58. The predicted molar refractivity (Wildman–Crippen MR) is 61.0 cm³/mol. The van der Waals surface area contributed by atoms with E-state index in [0.717, 1.165) is 10.4 Å². The van der Waals surface area contributed by atoms with Crippen LogP contribution in [0.3, 0.4) is 0 Å². The van der Waals surface area contributed by atoms with Gasteiger partial charge < -0.3 is 4.90 Å². The second-order valence-corrected chi connectivity index (χ2v) is 3.45. The fourth-order valence-corrected chi connectivity index (χ4v) is 1.11. The fourth-order valence-electron chi connectivity index (χ4n) is 0.915. The van der Waals surface area contributed by atoms with Crippen LogP contribution in [0.4, 0.5) is 0 Å². The van der Waals surface area contributed by atoms with E-state index < -0.39 is 0 Å². The maximum atomic E-state index is 5.23. The highest BCUT2D eigenvalue weighted by Crippen LogP contribution is 2.02. The second kappa shape index (κ2) is 4.77. The zero-order valence-electron chi connectivity index (χ0n) is 7.90. The van der Waals surface area contributed by atoms with Crippen molar-refractivity contribution in [2.45, 2.75) is 0 Å². The van der Waals surface area contributed by atoms with E-state index in [2.05, 4.69) is 0 Å². The third-order valence-corrected chi connectivity index (χ3v) is 1.95. The van der Waals surface area contributed by atoms with Crippen LogP contribution >= 0.6 is 12.2 Å². The highest BCUT2D eigenvalue weighted by Gasteiger charge is 1.93. The summed E-state index contributed by atoms with van der Waals surface area (Å²) >= 11 is 5.23. The van der Waals surface area contributed by atoms with E-state index >= 15 is 0 Å². The molecule has 1 aromatic rings. The molecule has 0 radical (unpaired) electrons. The first-order valence-corrected chi connectivity index (χ1v) is 4.55. The lowest BCUT2D eigenvalue weighted by atomic mass is 10.1. The molecule has 0 saturated heterocycles. The number of hydrogen-bond acceptors (Lipinski definition) is 2. The number of rotatable bonds is 3. The second-order valence-electron chi connectivity index (χ2n) is 3.01. The van der Waals surface area contributed by atoms with Crippen molar-refractivity contribution < 1.29 is 0 Å². The largest absolute Gasteiger partial charge is 0.383 e. The molecule has 0 bridgehead atoms. The van der Waals surface area contributed by atoms with E-state index in [0.29, 0.717) is 0 Å². The highest BCUT2D eigenvalue weighted by atomic mass is 32.1. The summed E-state index contributed by atoms with van der Waals surface area (Å²) in [7, 11) is 3.95. The first kappa shape index (κ1) is 9.93. The van der Waals surface area contributed by atoms with E-state index in [1.807, 2.05) is 61.6 Å². The van der Waals surface area contributed by atoms with Gasteiger partial charge in [-0.2, -0.15) is 0 Å². The normalized spacial score (nSPS) is 10.3. The van der Waals surface area contributed by atoms with Crippen molar-refractivity contribution in [3.05, 3.63) is 48.2 Å². The zero-order chi connectivity index (χ0) is 9.68. The van der Waals surface area contributed by atoms with Gasteiger partial charge in [-0.3, -0.25) is 0 Å². The molecule has 1 rings (SSSR count). The monoisotopic (exact) mass is 191 g/mol. The molecule has 0 aliphatic carbocycles. The van der Waals surface area contributed by atoms with Crippen LogP contribution in [0.5, 0.6) is 0 Å². The Morgan fingerprint density at radius 2 is 1.85 bits per heavy atom. The SMILES string of the molecule is CN(C)C=CC(=S)c1ccccc1. The third kappa shape index (κ3) is 3.38. The van der Waals surface area contributed by atoms with Crippen LogP contribution in [0.15, 0.2) is 42.6 Å². The van der Waals surface area contributed by atoms with Crippen molar-refractivity contribution in [1.82, 2.24) is 4.90 Å². The summed E-state index contributed by atoms with van der Waals surface area (Å²) in [6.45, 7) is 0. The van der Waals surface area contributed by atoms with Crippen LogP contribution < -0.4 is 0 Å². The molecule has 0 N–H and O–H groups in total. The van der Waals surface area contributed by atoms with Gasteiger partial charge in [0.25, 0.3) is 0 Å². The number of allylic oxidation sites excluding steroid dienone is 1. The Balaban J connectivity index is 2.70. The molecule has 0 amide bonds. The topological polar surface area (TPSA) is 3.24 Å². The predicted octanol–water partition coefficient (Wildman–Crippen LogP) is 2.48. The van der Waals surface area contributed by atoms with Crippen molar-refractivity contribution in [1.29, 1.82) is 0 Å². The summed E-state index contributed by atoms with van der Waals surface area (Å²) in [6.07, 6.45) is 3.89. The minimum atomic E-state index is 0.870. The summed E-state index contributed by atoms with van der Waals surface area (Å²) in [5.41, 5.74) is 1.09. The molecule has 0 saturated carbocycles. The fraction of sp³-hybridized carbons (Fsp3) is 0.182. The molecule has 0 heterocycles. The molecule has 68 valence electrons. The van der Waals surface area contributed by atoms with Gasteiger partial charge in [0.1, 0.15) is 0 Å². The van der Waals surface area contributed by atoms with Crippen LogP contribution in [0.25, 0.3) is 0 Å². The summed E-state index contributed by atoms with van der Waals surface area (Å²) in [5, 5.41) is 0. The molecule has 0 aromatic heterocycles. The molecule has 0 spiro atoms. The lowest BCUT2D eigenvalue weighted by Crippen LogP contribution is -2.02. The Hall–Kier alpha value is -1.15. The molecular weight excluding hydrogens is 178 g/mol.